The quantitative estimate of drug-likeness (QED) is 0.852. The Labute approximate surface area is 125 Å². The van der Waals surface area contributed by atoms with Crippen molar-refractivity contribution in [1.29, 1.82) is 0 Å². The van der Waals surface area contributed by atoms with Crippen molar-refractivity contribution in [3.63, 3.8) is 0 Å². The third-order valence-corrected chi connectivity index (χ3v) is 3.57. The molecule has 0 bridgehead atoms. The van der Waals surface area contributed by atoms with Gasteiger partial charge in [0.25, 0.3) is 0 Å². The van der Waals surface area contributed by atoms with Gasteiger partial charge < -0.3 is 10.5 Å². The van der Waals surface area contributed by atoms with Gasteiger partial charge in [-0.25, -0.2) is 4.39 Å². The predicted octanol–water partition coefficient (Wildman–Crippen LogP) is 5.07. The Kier molecular flexibility index (Phi) is 4.63. The summed E-state index contributed by atoms with van der Waals surface area (Å²) in [6, 6.07) is 10.4. The highest BCUT2D eigenvalue weighted by molar-refractivity contribution is 5.43. The predicted molar refractivity (Wildman–Crippen MR) is 84.3 cm³/mol. The van der Waals surface area contributed by atoms with E-state index in [1.807, 2.05) is 32.0 Å². The van der Waals surface area contributed by atoms with E-state index in [0.717, 1.165) is 5.56 Å². The molecule has 0 radical (unpaired) electrons. The third-order valence-electron chi connectivity index (χ3n) is 3.57. The average molecular weight is 287 g/mol. The molecule has 2 nitrogen and oxygen atoms in total. The molecule has 21 heavy (non-hydrogen) atoms. The van der Waals surface area contributed by atoms with Gasteiger partial charge in [0, 0.05) is 11.6 Å². The van der Waals surface area contributed by atoms with Crippen LogP contribution in [-0.2, 0) is 0 Å². The highest BCUT2D eigenvalue weighted by atomic mass is 19.1. The minimum absolute atomic E-state index is 0.212. The first-order chi connectivity index (χ1) is 9.90. The SMILES string of the molecule is Cc1cc(Oc2c(F)cccc2[C@@H](C)N)ccc1C(C)C. The van der Waals surface area contributed by atoms with Gasteiger partial charge in [-0.15, -0.1) is 0 Å². The van der Waals surface area contributed by atoms with Crippen molar-refractivity contribution < 1.29 is 9.13 Å². The first kappa shape index (κ1) is 15.5. The zero-order valence-electron chi connectivity index (χ0n) is 13.0. The van der Waals surface area contributed by atoms with Gasteiger partial charge in [0.1, 0.15) is 5.75 Å². The molecule has 0 aliphatic heterocycles. The molecule has 2 aromatic rings. The van der Waals surface area contributed by atoms with Crippen LogP contribution in [0.15, 0.2) is 36.4 Å². The Morgan fingerprint density at radius 3 is 2.33 bits per heavy atom. The summed E-state index contributed by atoms with van der Waals surface area (Å²) in [5.41, 5.74) is 8.96. The lowest BCUT2D eigenvalue weighted by atomic mass is 9.98. The number of halogens is 1. The number of hydrogen-bond donors (Lipinski definition) is 1. The monoisotopic (exact) mass is 287 g/mol. The van der Waals surface area contributed by atoms with E-state index in [4.69, 9.17) is 10.5 Å². The molecule has 1 atom stereocenters. The fraction of sp³-hybridized carbons (Fsp3) is 0.333. The Bertz CT molecular complexity index is 635. The van der Waals surface area contributed by atoms with Crippen LogP contribution in [0.25, 0.3) is 0 Å². The van der Waals surface area contributed by atoms with Crippen LogP contribution in [0.1, 0.15) is 49.4 Å². The summed E-state index contributed by atoms with van der Waals surface area (Å²) in [5.74, 6) is 0.899. The smallest absolute Gasteiger partial charge is 0.167 e. The highest BCUT2D eigenvalue weighted by Crippen LogP contribution is 2.33. The molecule has 2 N–H and O–H groups in total. The normalized spacial score (nSPS) is 12.5. The number of nitrogens with two attached hydrogens (primary N) is 1. The molecule has 0 aliphatic carbocycles. The van der Waals surface area contributed by atoms with Crippen LogP contribution in [0, 0.1) is 12.7 Å². The third kappa shape index (κ3) is 3.42. The Balaban J connectivity index is 2.37. The number of benzene rings is 2. The molecule has 112 valence electrons. The van der Waals surface area contributed by atoms with Gasteiger partial charge in [0.15, 0.2) is 11.6 Å². The van der Waals surface area contributed by atoms with Crippen LogP contribution >= 0.6 is 0 Å². The highest BCUT2D eigenvalue weighted by Gasteiger charge is 2.14. The van der Waals surface area contributed by atoms with Crippen LogP contribution < -0.4 is 10.5 Å². The van der Waals surface area contributed by atoms with E-state index in [1.165, 1.54) is 11.6 Å². The van der Waals surface area contributed by atoms with Gasteiger partial charge in [0.2, 0.25) is 0 Å². The second-order valence-electron chi connectivity index (χ2n) is 5.72. The van der Waals surface area contributed by atoms with Crippen LogP contribution in [-0.4, -0.2) is 0 Å². The van der Waals surface area contributed by atoms with Crippen molar-refractivity contribution in [3.8, 4) is 11.5 Å². The van der Waals surface area contributed by atoms with Crippen LogP contribution in [0.3, 0.4) is 0 Å². The molecule has 0 heterocycles. The van der Waals surface area contributed by atoms with E-state index in [0.29, 0.717) is 17.2 Å². The largest absolute Gasteiger partial charge is 0.454 e. The van der Waals surface area contributed by atoms with Gasteiger partial charge in [-0.3, -0.25) is 0 Å². The Hall–Kier alpha value is -1.87. The summed E-state index contributed by atoms with van der Waals surface area (Å²) >= 11 is 0. The minimum Gasteiger partial charge on any atom is -0.454 e. The van der Waals surface area contributed by atoms with Gasteiger partial charge >= 0.3 is 0 Å². The lowest BCUT2D eigenvalue weighted by Crippen LogP contribution is -2.07. The van der Waals surface area contributed by atoms with Crippen molar-refractivity contribution in [2.75, 3.05) is 0 Å². The Morgan fingerprint density at radius 1 is 1.05 bits per heavy atom. The standard InChI is InChI=1S/C18H22FNO/c1-11(2)15-9-8-14(10-12(15)3)21-18-16(13(4)20)6-5-7-17(18)19/h5-11,13H,20H2,1-4H3/t13-/m1/s1. The number of ether oxygens (including phenoxy) is 1. The van der Waals surface area contributed by atoms with Gasteiger partial charge in [-0.1, -0.05) is 32.0 Å². The molecule has 2 aromatic carbocycles. The van der Waals surface area contributed by atoms with Crippen molar-refractivity contribution in [2.24, 2.45) is 5.73 Å². The maximum atomic E-state index is 14.0. The Morgan fingerprint density at radius 2 is 1.76 bits per heavy atom. The topological polar surface area (TPSA) is 35.2 Å². The molecule has 0 unspecified atom stereocenters. The van der Waals surface area contributed by atoms with E-state index in [1.54, 1.807) is 12.1 Å². The summed E-state index contributed by atoms with van der Waals surface area (Å²) in [5, 5.41) is 0. The minimum atomic E-state index is -0.393. The zero-order valence-corrected chi connectivity index (χ0v) is 13.0. The lowest BCUT2D eigenvalue weighted by molar-refractivity contribution is 0.432. The van der Waals surface area contributed by atoms with Crippen molar-refractivity contribution >= 4 is 0 Å². The van der Waals surface area contributed by atoms with Crippen LogP contribution in [0.4, 0.5) is 4.39 Å². The second-order valence-corrected chi connectivity index (χ2v) is 5.72. The van der Waals surface area contributed by atoms with Gasteiger partial charge in [-0.2, -0.15) is 0 Å². The molecule has 0 fully saturated rings. The van der Waals surface area contributed by atoms with Crippen molar-refractivity contribution in [3.05, 3.63) is 58.9 Å². The number of aryl methyl sites for hydroxylation is 1. The molecule has 0 amide bonds. The van der Waals surface area contributed by atoms with Crippen molar-refractivity contribution in [2.45, 2.75) is 39.7 Å². The first-order valence-electron chi connectivity index (χ1n) is 7.22. The molecular weight excluding hydrogens is 265 g/mol. The molecule has 2 rings (SSSR count). The summed E-state index contributed by atoms with van der Waals surface area (Å²) in [7, 11) is 0. The van der Waals surface area contributed by atoms with E-state index in [9.17, 15) is 4.39 Å². The molecular formula is C18H22FNO. The van der Waals surface area contributed by atoms with E-state index < -0.39 is 5.82 Å². The first-order valence-corrected chi connectivity index (χ1v) is 7.22. The van der Waals surface area contributed by atoms with Gasteiger partial charge in [-0.05, 0) is 49.1 Å². The van der Waals surface area contributed by atoms with Crippen LogP contribution in [0.2, 0.25) is 0 Å². The molecule has 0 saturated carbocycles. The maximum absolute atomic E-state index is 14.0. The molecule has 0 saturated heterocycles. The number of hydrogen-bond acceptors (Lipinski definition) is 2. The molecule has 0 aromatic heterocycles. The van der Waals surface area contributed by atoms with E-state index in [-0.39, 0.29) is 11.8 Å². The fourth-order valence-electron chi connectivity index (χ4n) is 2.47. The summed E-state index contributed by atoms with van der Waals surface area (Å²) < 4.78 is 19.8. The fourth-order valence-corrected chi connectivity index (χ4v) is 2.47. The molecule has 3 heteroatoms. The van der Waals surface area contributed by atoms with Crippen molar-refractivity contribution in [1.82, 2.24) is 0 Å². The van der Waals surface area contributed by atoms with Crippen LogP contribution in [0.5, 0.6) is 11.5 Å². The maximum Gasteiger partial charge on any atom is 0.167 e. The summed E-state index contributed by atoms with van der Waals surface area (Å²) in [6.45, 7) is 8.15. The summed E-state index contributed by atoms with van der Waals surface area (Å²) in [6.07, 6.45) is 0. The molecule has 0 spiro atoms. The number of rotatable bonds is 4. The van der Waals surface area contributed by atoms with Gasteiger partial charge in [0.05, 0.1) is 0 Å². The molecule has 0 aliphatic rings. The zero-order chi connectivity index (χ0) is 15.6. The average Bonchev–Trinajstić information content (AvgIpc) is 2.40. The second kappa shape index (κ2) is 6.27. The lowest BCUT2D eigenvalue weighted by Gasteiger charge is -2.16. The van der Waals surface area contributed by atoms with E-state index in [2.05, 4.69) is 13.8 Å². The summed E-state index contributed by atoms with van der Waals surface area (Å²) in [4.78, 5) is 0. The van der Waals surface area contributed by atoms with E-state index >= 15 is 0 Å². The number of para-hydroxylation sites is 1.